The predicted octanol–water partition coefficient (Wildman–Crippen LogP) is 3.11. The Hall–Kier alpha value is -3.59. The third-order valence-corrected chi connectivity index (χ3v) is 5.64. The largest absolute Gasteiger partial charge is 0.493 e. The van der Waals surface area contributed by atoms with Crippen molar-refractivity contribution in [2.75, 3.05) is 47.5 Å². The SMILES string of the molecule is COc1cc(C(=O)N2CCCN(Cc3noc(-c4ccccc4)n3)CC2)cc(OC)c1OC. The minimum atomic E-state index is -0.0676. The van der Waals surface area contributed by atoms with Crippen LogP contribution in [0.2, 0.25) is 0 Å². The smallest absolute Gasteiger partial charge is 0.257 e. The molecule has 1 amide bonds. The van der Waals surface area contributed by atoms with E-state index in [1.807, 2.05) is 35.2 Å². The summed E-state index contributed by atoms with van der Waals surface area (Å²) < 4.78 is 21.6. The van der Waals surface area contributed by atoms with Gasteiger partial charge in [-0.3, -0.25) is 9.69 Å². The van der Waals surface area contributed by atoms with Gasteiger partial charge in [0, 0.05) is 37.3 Å². The molecule has 0 unspecified atom stereocenters. The van der Waals surface area contributed by atoms with Gasteiger partial charge in [0.05, 0.1) is 27.9 Å². The van der Waals surface area contributed by atoms with Crippen molar-refractivity contribution in [3.63, 3.8) is 0 Å². The number of aromatic nitrogens is 2. The maximum absolute atomic E-state index is 13.2. The molecule has 0 N–H and O–H groups in total. The zero-order valence-corrected chi connectivity index (χ0v) is 19.1. The molecule has 1 aliphatic rings. The van der Waals surface area contributed by atoms with E-state index in [0.29, 0.717) is 60.7 Å². The van der Waals surface area contributed by atoms with E-state index < -0.39 is 0 Å². The van der Waals surface area contributed by atoms with Crippen molar-refractivity contribution in [3.8, 4) is 28.7 Å². The van der Waals surface area contributed by atoms with Crippen LogP contribution in [0, 0.1) is 0 Å². The summed E-state index contributed by atoms with van der Waals surface area (Å²) in [5.74, 6) is 2.47. The summed E-state index contributed by atoms with van der Waals surface area (Å²) in [5, 5.41) is 4.13. The van der Waals surface area contributed by atoms with Crippen LogP contribution in [0.15, 0.2) is 47.0 Å². The summed E-state index contributed by atoms with van der Waals surface area (Å²) in [6, 6.07) is 13.1. The first kappa shape index (κ1) is 22.6. The second-order valence-corrected chi connectivity index (χ2v) is 7.72. The molecule has 174 valence electrons. The number of hydrogen-bond acceptors (Lipinski definition) is 8. The fourth-order valence-electron chi connectivity index (χ4n) is 3.94. The van der Waals surface area contributed by atoms with Gasteiger partial charge in [0.25, 0.3) is 11.8 Å². The minimum Gasteiger partial charge on any atom is -0.493 e. The van der Waals surface area contributed by atoms with Crippen molar-refractivity contribution in [3.05, 3.63) is 53.9 Å². The van der Waals surface area contributed by atoms with Crippen LogP contribution in [0.25, 0.3) is 11.5 Å². The Morgan fingerprint density at radius 3 is 2.36 bits per heavy atom. The van der Waals surface area contributed by atoms with E-state index in [-0.39, 0.29) is 5.91 Å². The Balaban J connectivity index is 1.41. The third-order valence-electron chi connectivity index (χ3n) is 5.64. The molecule has 0 atom stereocenters. The van der Waals surface area contributed by atoms with Gasteiger partial charge in [-0.2, -0.15) is 4.98 Å². The summed E-state index contributed by atoms with van der Waals surface area (Å²) in [6.07, 6.45) is 0.847. The summed E-state index contributed by atoms with van der Waals surface area (Å²) in [6.45, 7) is 3.38. The van der Waals surface area contributed by atoms with Gasteiger partial charge in [-0.05, 0) is 30.7 Å². The van der Waals surface area contributed by atoms with Crippen LogP contribution in [0.1, 0.15) is 22.6 Å². The molecule has 0 radical (unpaired) electrons. The highest BCUT2D eigenvalue weighted by Crippen LogP contribution is 2.38. The van der Waals surface area contributed by atoms with E-state index >= 15 is 0 Å². The number of benzene rings is 2. The molecule has 0 saturated carbocycles. The summed E-state index contributed by atoms with van der Waals surface area (Å²) in [7, 11) is 4.62. The van der Waals surface area contributed by atoms with Crippen molar-refractivity contribution in [1.82, 2.24) is 19.9 Å². The molecule has 4 rings (SSSR count). The minimum absolute atomic E-state index is 0.0676. The van der Waals surface area contributed by atoms with Crippen LogP contribution >= 0.6 is 0 Å². The van der Waals surface area contributed by atoms with E-state index in [1.165, 1.54) is 21.3 Å². The van der Waals surface area contributed by atoms with Gasteiger partial charge in [-0.15, -0.1) is 0 Å². The van der Waals surface area contributed by atoms with E-state index in [9.17, 15) is 4.79 Å². The summed E-state index contributed by atoms with van der Waals surface area (Å²) in [5.41, 5.74) is 1.40. The van der Waals surface area contributed by atoms with E-state index in [2.05, 4.69) is 15.0 Å². The van der Waals surface area contributed by atoms with E-state index in [1.54, 1.807) is 12.1 Å². The average Bonchev–Trinajstić information content (AvgIpc) is 3.20. The molecule has 1 fully saturated rings. The fourth-order valence-corrected chi connectivity index (χ4v) is 3.94. The number of methoxy groups -OCH3 is 3. The molecule has 0 bridgehead atoms. The predicted molar refractivity (Wildman–Crippen MR) is 122 cm³/mol. The maximum Gasteiger partial charge on any atom is 0.257 e. The number of rotatable bonds is 7. The lowest BCUT2D eigenvalue weighted by molar-refractivity contribution is 0.0760. The number of ether oxygens (including phenoxy) is 3. The zero-order valence-electron chi connectivity index (χ0n) is 19.1. The molecule has 3 aromatic rings. The first-order valence-corrected chi connectivity index (χ1v) is 10.8. The van der Waals surface area contributed by atoms with Gasteiger partial charge in [-0.25, -0.2) is 0 Å². The lowest BCUT2D eigenvalue weighted by Crippen LogP contribution is -2.35. The molecule has 2 aromatic carbocycles. The molecular weight excluding hydrogens is 424 g/mol. The lowest BCUT2D eigenvalue weighted by Gasteiger charge is -2.22. The fraction of sp³-hybridized carbons (Fsp3) is 0.375. The van der Waals surface area contributed by atoms with Gasteiger partial charge in [-0.1, -0.05) is 23.4 Å². The quantitative estimate of drug-likeness (QED) is 0.540. The van der Waals surface area contributed by atoms with Crippen molar-refractivity contribution in [1.29, 1.82) is 0 Å². The van der Waals surface area contributed by atoms with Gasteiger partial charge in [0.2, 0.25) is 5.75 Å². The molecule has 2 heterocycles. The third kappa shape index (κ3) is 5.09. The first-order valence-electron chi connectivity index (χ1n) is 10.8. The molecule has 1 saturated heterocycles. The molecule has 9 nitrogen and oxygen atoms in total. The molecule has 9 heteroatoms. The maximum atomic E-state index is 13.2. The number of carbonyl (C=O) groups excluding carboxylic acids is 1. The normalized spacial score (nSPS) is 14.6. The molecule has 0 aliphatic carbocycles. The Morgan fingerprint density at radius 1 is 0.970 bits per heavy atom. The Morgan fingerprint density at radius 2 is 1.70 bits per heavy atom. The summed E-state index contributed by atoms with van der Waals surface area (Å²) in [4.78, 5) is 21.8. The monoisotopic (exact) mass is 452 g/mol. The highest BCUT2D eigenvalue weighted by Gasteiger charge is 2.24. The molecule has 1 aliphatic heterocycles. The molecule has 1 aromatic heterocycles. The van der Waals surface area contributed by atoms with Crippen LogP contribution in [0.5, 0.6) is 17.2 Å². The standard InChI is InChI=1S/C24H28N4O5/c1-30-19-14-18(15-20(31-2)22(19)32-3)24(29)28-11-7-10-27(12-13-28)16-21-25-23(33-26-21)17-8-5-4-6-9-17/h4-6,8-9,14-15H,7,10-13,16H2,1-3H3. The van der Waals surface area contributed by atoms with Crippen LogP contribution < -0.4 is 14.2 Å². The molecule has 0 spiro atoms. The number of carbonyl (C=O) groups is 1. The highest BCUT2D eigenvalue weighted by molar-refractivity contribution is 5.95. The van der Waals surface area contributed by atoms with E-state index in [4.69, 9.17) is 18.7 Å². The average molecular weight is 453 g/mol. The molecular formula is C24H28N4O5. The highest BCUT2D eigenvalue weighted by atomic mass is 16.5. The van der Waals surface area contributed by atoms with Crippen LogP contribution in [0.3, 0.4) is 0 Å². The zero-order chi connectivity index (χ0) is 23.2. The van der Waals surface area contributed by atoms with E-state index in [0.717, 1.165) is 18.5 Å². The van der Waals surface area contributed by atoms with Crippen LogP contribution in [0.4, 0.5) is 0 Å². The lowest BCUT2D eigenvalue weighted by atomic mass is 10.1. The molecule has 33 heavy (non-hydrogen) atoms. The Kier molecular flexibility index (Phi) is 7.09. The first-order chi connectivity index (χ1) is 16.1. The Labute approximate surface area is 192 Å². The van der Waals surface area contributed by atoms with Crippen molar-refractivity contribution in [2.24, 2.45) is 0 Å². The number of nitrogens with zero attached hydrogens (tertiary/aromatic N) is 4. The number of hydrogen-bond donors (Lipinski definition) is 0. The van der Waals surface area contributed by atoms with Crippen LogP contribution in [-0.2, 0) is 6.54 Å². The van der Waals surface area contributed by atoms with Gasteiger partial charge < -0.3 is 23.6 Å². The topological polar surface area (TPSA) is 90.2 Å². The Bertz CT molecular complexity index is 1060. The van der Waals surface area contributed by atoms with Crippen molar-refractivity contribution >= 4 is 5.91 Å². The second-order valence-electron chi connectivity index (χ2n) is 7.72. The van der Waals surface area contributed by atoms with Gasteiger partial charge >= 0.3 is 0 Å². The van der Waals surface area contributed by atoms with Crippen molar-refractivity contribution < 1.29 is 23.5 Å². The second kappa shape index (κ2) is 10.4. The van der Waals surface area contributed by atoms with Crippen molar-refractivity contribution in [2.45, 2.75) is 13.0 Å². The van der Waals surface area contributed by atoms with Crippen LogP contribution in [-0.4, -0.2) is 73.4 Å². The van der Waals surface area contributed by atoms with Gasteiger partial charge in [0.15, 0.2) is 17.3 Å². The number of amides is 1. The van der Waals surface area contributed by atoms with Gasteiger partial charge in [0.1, 0.15) is 0 Å². The summed E-state index contributed by atoms with van der Waals surface area (Å²) >= 11 is 0.